The van der Waals surface area contributed by atoms with Gasteiger partial charge in [-0.3, -0.25) is 4.79 Å². The molecule has 33 heavy (non-hydrogen) atoms. The standard InChI is InChI=1S/C26H25BrN4O2/c1-17(2)16-33-26-29-24(19-9-7-18(3)8-10-19)31(30-26)23-13-11-22(12-14-23)28-25(32)20-5-4-6-21(27)15-20/h4-15,17H,16H2,1-3H3,(H,28,32). The normalized spacial score (nSPS) is 10.9. The third-order valence-electron chi connectivity index (χ3n) is 4.90. The van der Waals surface area contributed by atoms with Crippen molar-refractivity contribution in [2.75, 3.05) is 11.9 Å². The maximum absolute atomic E-state index is 12.5. The Bertz CT molecular complexity index is 1250. The molecule has 0 spiro atoms. The second-order valence-corrected chi connectivity index (χ2v) is 9.13. The minimum atomic E-state index is -0.172. The number of benzene rings is 3. The van der Waals surface area contributed by atoms with Crippen LogP contribution in [0.3, 0.4) is 0 Å². The fourth-order valence-corrected chi connectivity index (χ4v) is 3.58. The number of aromatic nitrogens is 3. The molecule has 1 aromatic heterocycles. The summed E-state index contributed by atoms with van der Waals surface area (Å²) in [6.07, 6.45) is 0. The first-order valence-electron chi connectivity index (χ1n) is 10.7. The van der Waals surface area contributed by atoms with E-state index in [-0.39, 0.29) is 5.91 Å². The molecule has 1 N–H and O–H groups in total. The van der Waals surface area contributed by atoms with Gasteiger partial charge in [0.1, 0.15) is 0 Å². The topological polar surface area (TPSA) is 69.0 Å². The van der Waals surface area contributed by atoms with E-state index in [2.05, 4.69) is 45.2 Å². The zero-order valence-corrected chi connectivity index (χ0v) is 20.3. The van der Waals surface area contributed by atoms with Gasteiger partial charge < -0.3 is 10.1 Å². The Labute approximate surface area is 201 Å². The molecular formula is C26H25BrN4O2. The van der Waals surface area contributed by atoms with Crippen molar-refractivity contribution in [1.29, 1.82) is 0 Å². The Morgan fingerprint density at radius 2 is 1.79 bits per heavy atom. The molecule has 1 heterocycles. The number of nitrogens with one attached hydrogen (secondary N) is 1. The first-order valence-corrected chi connectivity index (χ1v) is 11.5. The molecule has 6 nitrogen and oxygen atoms in total. The number of nitrogens with zero attached hydrogens (tertiary/aromatic N) is 3. The van der Waals surface area contributed by atoms with E-state index in [0.29, 0.717) is 35.6 Å². The van der Waals surface area contributed by atoms with E-state index in [0.717, 1.165) is 15.7 Å². The summed E-state index contributed by atoms with van der Waals surface area (Å²) < 4.78 is 8.41. The number of aryl methyl sites for hydroxylation is 1. The highest BCUT2D eigenvalue weighted by Gasteiger charge is 2.15. The van der Waals surface area contributed by atoms with E-state index in [1.807, 2.05) is 67.6 Å². The fourth-order valence-electron chi connectivity index (χ4n) is 3.18. The van der Waals surface area contributed by atoms with Crippen LogP contribution < -0.4 is 10.1 Å². The van der Waals surface area contributed by atoms with Crippen LogP contribution in [0.2, 0.25) is 0 Å². The van der Waals surface area contributed by atoms with Crippen molar-refractivity contribution in [3.8, 4) is 23.1 Å². The first kappa shape index (κ1) is 22.7. The largest absolute Gasteiger partial charge is 0.462 e. The van der Waals surface area contributed by atoms with Crippen LogP contribution in [0.25, 0.3) is 17.1 Å². The summed E-state index contributed by atoms with van der Waals surface area (Å²) in [5.41, 5.74) is 4.21. The van der Waals surface area contributed by atoms with E-state index in [4.69, 9.17) is 4.74 Å². The number of hydrogen-bond acceptors (Lipinski definition) is 4. The number of halogens is 1. The number of carbonyl (C=O) groups excluding carboxylic acids is 1. The highest BCUT2D eigenvalue weighted by molar-refractivity contribution is 9.10. The maximum Gasteiger partial charge on any atom is 0.336 e. The Morgan fingerprint density at radius 1 is 1.06 bits per heavy atom. The SMILES string of the molecule is Cc1ccc(-c2nc(OCC(C)C)nn2-c2ccc(NC(=O)c3cccc(Br)c3)cc2)cc1. The molecule has 0 bridgehead atoms. The second kappa shape index (κ2) is 10.0. The van der Waals surface area contributed by atoms with Crippen molar-refractivity contribution in [2.24, 2.45) is 5.92 Å². The third kappa shape index (κ3) is 5.68. The minimum absolute atomic E-state index is 0.172. The van der Waals surface area contributed by atoms with Gasteiger partial charge in [-0.25, -0.2) is 4.68 Å². The molecule has 0 saturated carbocycles. The van der Waals surface area contributed by atoms with Gasteiger partial charge in [-0.15, -0.1) is 5.10 Å². The number of ether oxygens (including phenoxy) is 1. The van der Waals surface area contributed by atoms with Crippen molar-refractivity contribution in [2.45, 2.75) is 20.8 Å². The van der Waals surface area contributed by atoms with Crippen LogP contribution in [-0.4, -0.2) is 27.3 Å². The lowest BCUT2D eigenvalue weighted by Crippen LogP contribution is -2.11. The van der Waals surface area contributed by atoms with Gasteiger partial charge in [0.2, 0.25) is 0 Å². The van der Waals surface area contributed by atoms with E-state index in [9.17, 15) is 4.79 Å². The van der Waals surface area contributed by atoms with Crippen LogP contribution in [0.15, 0.2) is 77.3 Å². The number of anilines is 1. The monoisotopic (exact) mass is 504 g/mol. The van der Waals surface area contributed by atoms with Crippen LogP contribution in [0.1, 0.15) is 29.8 Å². The fraction of sp³-hybridized carbons (Fsp3) is 0.192. The Hall–Kier alpha value is -3.45. The molecule has 4 rings (SSSR count). The average Bonchev–Trinajstić information content (AvgIpc) is 3.23. The lowest BCUT2D eigenvalue weighted by Gasteiger charge is -2.09. The third-order valence-corrected chi connectivity index (χ3v) is 5.39. The Balaban J connectivity index is 1.60. The van der Waals surface area contributed by atoms with Gasteiger partial charge in [0.15, 0.2) is 5.82 Å². The summed E-state index contributed by atoms with van der Waals surface area (Å²) in [5, 5.41) is 7.51. The lowest BCUT2D eigenvalue weighted by atomic mass is 10.1. The van der Waals surface area contributed by atoms with Crippen molar-refractivity contribution >= 4 is 27.5 Å². The van der Waals surface area contributed by atoms with E-state index < -0.39 is 0 Å². The van der Waals surface area contributed by atoms with Gasteiger partial charge in [0.05, 0.1) is 12.3 Å². The molecule has 0 unspecified atom stereocenters. The Kier molecular flexibility index (Phi) is 6.89. The van der Waals surface area contributed by atoms with Crippen LogP contribution in [0.4, 0.5) is 5.69 Å². The minimum Gasteiger partial charge on any atom is -0.462 e. The molecule has 3 aromatic carbocycles. The average molecular weight is 505 g/mol. The van der Waals surface area contributed by atoms with Crippen LogP contribution in [0, 0.1) is 12.8 Å². The molecular weight excluding hydrogens is 480 g/mol. The van der Waals surface area contributed by atoms with E-state index in [1.165, 1.54) is 5.56 Å². The lowest BCUT2D eigenvalue weighted by molar-refractivity contribution is 0.102. The molecule has 7 heteroatoms. The van der Waals surface area contributed by atoms with Crippen molar-refractivity contribution in [1.82, 2.24) is 14.8 Å². The molecule has 0 fully saturated rings. The molecule has 0 atom stereocenters. The quantitative estimate of drug-likeness (QED) is 0.321. The predicted molar refractivity (Wildman–Crippen MR) is 134 cm³/mol. The molecule has 0 aliphatic rings. The van der Waals surface area contributed by atoms with Crippen molar-refractivity contribution in [3.05, 3.63) is 88.4 Å². The Morgan fingerprint density at radius 3 is 2.45 bits per heavy atom. The molecule has 168 valence electrons. The molecule has 4 aromatic rings. The number of rotatable bonds is 7. The maximum atomic E-state index is 12.5. The summed E-state index contributed by atoms with van der Waals surface area (Å²) in [5.74, 6) is 0.891. The summed E-state index contributed by atoms with van der Waals surface area (Å²) >= 11 is 3.40. The predicted octanol–water partition coefficient (Wildman–Crippen LogP) is 6.29. The first-order chi connectivity index (χ1) is 15.9. The van der Waals surface area contributed by atoms with Crippen molar-refractivity contribution < 1.29 is 9.53 Å². The smallest absolute Gasteiger partial charge is 0.336 e. The van der Waals surface area contributed by atoms with Gasteiger partial charge in [-0.05, 0) is 55.3 Å². The summed E-state index contributed by atoms with van der Waals surface area (Å²) in [6.45, 7) is 6.75. The van der Waals surface area contributed by atoms with Gasteiger partial charge in [0.25, 0.3) is 5.91 Å². The molecule has 1 amide bonds. The molecule has 0 aliphatic carbocycles. The summed E-state index contributed by atoms with van der Waals surface area (Å²) in [4.78, 5) is 17.2. The number of hydrogen-bond donors (Lipinski definition) is 1. The van der Waals surface area contributed by atoms with Crippen LogP contribution >= 0.6 is 15.9 Å². The number of carbonyl (C=O) groups is 1. The van der Waals surface area contributed by atoms with E-state index in [1.54, 1.807) is 16.8 Å². The van der Waals surface area contributed by atoms with Gasteiger partial charge in [-0.1, -0.05) is 65.7 Å². The summed E-state index contributed by atoms with van der Waals surface area (Å²) in [7, 11) is 0. The summed E-state index contributed by atoms with van der Waals surface area (Å²) in [6, 6.07) is 23.2. The molecule has 0 radical (unpaired) electrons. The van der Waals surface area contributed by atoms with Crippen molar-refractivity contribution in [3.63, 3.8) is 0 Å². The van der Waals surface area contributed by atoms with Crippen LogP contribution in [-0.2, 0) is 0 Å². The van der Waals surface area contributed by atoms with Gasteiger partial charge >= 0.3 is 6.01 Å². The zero-order valence-electron chi connectivity index (χ0n) is 18.7. The van der Waals surface area contributed by atoms with Gasteiger partial charge in [-0.2, -0.15) is 4.98 Å². The second-order valence-electron chi connectivity index (χ2n) is 8.21. The van der Waals surface area contributed by atoms with Crippen LogP contribution in [0.5, 0.6) is 6.01 Å². The molecule has 0 saturated heterocycles. The molecule has 0 aliphatic heterocycles. The number of amides is 1. The zero-order chi connectivity index (χ0) is 23.4. The van der Waals surface area contributed by atoms with E-state index >= 15 is 0 Å². The highest BCUT2D eigenvalue weighted by atomic mass is 79.9. The highest BCUT2D eigenvalue weighted by Crippen LogP contribution is 2.25. The van der Waals surface area contributed by atoms with Gasteiger partial charge in [0, 0.05) is 21.3 Å².